The van der Waals surface area contributed by atoms with E-state index in [1.54, 1.807) is 24.3 Å². The van der Waals surface area contributed by atoms with Gasteiger partial charge in [-0.2, -0.15) is 0 Å². The molecule has 29 heavy (non-hydrogen) atoms. The molecule has 6 heteroatoms. The average molecular weight is 384 g/mol. The number of imide groups is 1. The lowest BCUT2D eigenvalue weighted by Gasteiger charge is -2.14. The van der Waals surface area contributed by atoms with Gasteiger partial charge in [-0.1, -0.05) is 24.3 Å². The molecule has 4 aromatic rings. The van der Waals surface area contributed by atoms with Crippen molar-refractivity contribution in [2.75, 3.05) is 13.2 Å². The van der Waals surface area contributed by atoms with E-state index in [2.05, 4.69) is 4.98 Å². The van der Waals surface area contributed by atoms with Gasteiger partial charge in [-0.3, -0.25) is 14.5 Å². The highest BCUT2D eigenvalue weighted by Crippen LogP contribution is 2.26. The summed E-state index contributed by atoms with van der Waals surface area (Å²) in [5, 5.41) is 0. The number of fused-ring (bicyclic) bond motifs is 2. The van der Waals surface area contributed by atoms with Gasteiger partial charge >= 0.3 is 0 Å². The van der Waals surface area contributed by atoms with Crippen molar-refractivity contribution in [2.24, 2.45) is 0 Å². The molecule has 0 unspecified atom stereocenters. The standard InChI is InChI=1S/C23H16N2O4/c26-22-17-5-1-2-6-18(17)23(27)25(22)13-14-28-16-11-9-15(10-12-16)21-24-19-7-3-4-8-20(19)29-21/h1-12H,13-14H2. The zero-order chi connectivity index (χ0) is 19.8. The number of amides is 2. The van der Waals surface area contributed by atoms with Crippen molar-refractivity contribution in [3.63, 3.8) is 0 Å². The van der Waals surface area contributed by atoms with E-state index < -0.39 is 0 Å². The molecule has 3 aromatic carbocycles. The summed E-state index contributed by atoms with van der Waals surface area (Å²) in [5.41, 5.74) is 3.28. The lowest BCUT2D eigenvalue weighted by Crippen LogP contribution is -2.33. The molecule has 0 fully saturated rings. The number of aromatic nitrogens is 1. The Morgan fingerprint density at radius 2 is 1.48 bits per heavy atom. The molecule has 1 aromatic heterocycles. The first-order valence-electron chi connectivity index (χ1n) is 9.25. The fraction of sp³-hybridized carbons (Fsp3) is 0.0870. The number of benzene rings is 3. The van der Waals surface area contributed by atoms with E-state index in [1.807, 2.05) is 48.5 Å². The third-order valence-corrected chi connectivity index (χ3v) is 4.86. The highest BCUT2D eigenvalue weighted by molar-refractivity contribution is 6.21. The molecule has 0 N–H and O–H groups in total. The first-order valence-corrected chi connectivity index (χ1v) is 9.25. The minimum atomic E-state index is -0.277. The summed E-state index contributed by atoms with van der Waals surface area (Å²) in [5.74, 6) is 0.631. The van der Waals surface area contributed by atoms with Crippen molar-refractivity contribution in [2.45, 2.75) is 0 Å². The average Bonchev–Trinajstić information content (AvgIpc) is 3.30. The summed E-state index contributed by atoms with van der Waals surface area (Å²) in [6.45, 7) is 0.410. The normalized spacial score (nSPS) is 13.2. The number of rotatable bonds is 5. The van der Waals surface area contributed by atoms with Gasteiger partial charge < -0.3 is 9.15 Å². The Bertz CT molecular complexity index is 1160. The largest absolute Gasteiger partial charge is 0.492 e. The summed E-state index contributed by atoms with van der Waals surface area (Å²) in [6.07, 6.45) is 0. The lowest BCUT2D eigenvalue weighted by atomic mass is 10.1. The van der Waals surface area contributed by atoms with E-state index in [-0.39, 0.29) is 25.0 Å². The van der Waals surface area contributed by atoms with Crippen LogP contribution in [0.3, 0.4) is 0 Å². The van der Waals surface area contributed by atoms with Crippen molar-refractivity contribution in [3.8, 4) is 17.2 Å². The number of hydrogen-bond acceptors (Lipinski definition) is 5. The number of oxazole rings is 1. The molecule has 0 bridgehead atoms. The number of nitrogens with zero attached hydrogens (tertiary/aromatic N) is 2. The molecule has 0 saturated heterocycles. The van der Waals surface area contributed by atoms with Gasteiger partial charge in [0.25, 0.3) is 11.8 Å². The molecule has 0 spiro atoms. The summed E-state index contributed by atoms with van der Waals surface area (Å²) in [6, 6.07) is 21.8. The molecule has 1 aliphatic rings. The molecule has 2 amide bonds. The van der Waals surface area contributed by atoms with Gasteiger partial charge in [0, 0.05) is 5.56 Å². The highest BCUT2D eigenvalue weighted by Gasteiger charge is 2.34. The molecule has 6 nitrogen and oxygen atoms in total. The molecule has 0 saturated carbocycles. The molecule has 5 rings (SSSR count). The van der Waals surface area contributed by atoms with Crippen molar-refractivity contribution in [1.29, 1.82) is 0 Å². The number of carbonyl (C=O) groups excluding carboxylic acids is 2. The first kappa shape index (κ1) is 17.2. The van der Waals surface area contributed by atoms with Gasteiger partial charge in [0.05, 0.1) is 17.7 Å². The lowest BCUT2D eigenvalue weighted by molar-refractivity contribution is 0.0631. The van der Waals surface area contributed by atoms with Crippen molar-refractivity contribution >= 4 is 22.9 Å². The van der Waals surface area contributed by atoms with Crippen LogP contribution >= 0.6 is 0 Å². The van der Waals surface area contributed by atoms with Crippen LogP contribution < -0.4 is 4.74 Å². The van der Waals surface area contributed by atoms with Crippen LogP contribution in [0.25, 0.3) is 22.6 Å². The second-order valence-corrected chi connectivity index (χ2v) is 6.67. The summed E-state index contributed by atoms with van der Waals surface area (Å²) in [7, 11) is 0. The molecule has 1 aliphatic heterocycles. The van der Waals surface area contributed by atoms with Gasteiger partial charge in [-0.15, -0.1) is 0 Å². The van der Waals surface area contributed by atoms with Crippen molar-refractivity contribution < 1.29 is 18.7 Å². The maximum Gasteiger partial charge on any atom is 0.261 e. The monoisotopic (exact) mass is 384 g/mol. The number of hydrogen-bond donors (Lipinski definition) is 0. The number of ether oxygens (including phenoxy) is 1. The summed E-state index contributed by atoms with van der Waals surface area (Å²) >= 11 is 0. The van der Waals surface area contributed by atoms with E-state index >= 15 is 0 Å². The van der Waals surface area contributed by atoms with Crippen molar-refractivity contribution in [3.05, 3.63) is 83.9 Å². The van der Waals surface area contributed by atoms with Crippen molar-refractivity contribution in [1.82, 2.24) is 9.88 Å². The molecule has 142 valence electrons. The quantitative estimate of drug-likeness (QED) is 0.483. The van der Waals surface area contributed by atoms with Gasteiger partial charge in [-0.25, -0.2) is 4.98 Å². The van der Waals surface area contributed by atoms with Gasteiger partial charge in [-0.05, 0) is 48.5 Å². The molecule has 2 heterocycles. The molecule has 0 radical (unpaired) electrons. The summed E-state index contributed by atoms with van der Waals surface area (Å²) in [4.78, 5) is 30.4. The summed E-state index contributed by atoms with van der Waals surface area (Å²) < 4.78 is 11.5. The second-order valence-electron chi connectivity index (χ2n) is 6.67. The van der Waals surface area contributed by atoms with E-state index in [0.717, 1.165) is 16.7 Å². The van der Waals surface area contributed by atoms with Crippen LogP contribution in [0.4, 0.5) is 0 Å². The van der Waals surface area contributed by atoms with Gasteiger partial charge in [0.1, 0.15) is 17.9 Å². The molecular weight excluding hydrogens is 368 g/mol. The Labute approximate surface area is 166 Å². The van der Waals surface area contributed by atoms with Crippen LogP contribution in [0.15, 0.2) is 77.2 Å². The molecule has 0 atom stereocenters. The number of para-hydroxylation sites is 2. The van der Waals surface area contributed by atoms with Crippen LogP contribution in [-0.2, 0) is 0 Å². The van der Waals surface area contributed by atoms with Crippen LogP contribution in [0.2, 0.25) is 0 Å². The van der Waals surface area contributed by atoms with Crippen LogP contribution in [0.1, 0.15) is 20.7 Å². The maximum atomic E-state index is 12.4. The van der Waals surface area contributed by atoms with E-state index in [9.17, 15) is 9.59 Å². The minimum Gasteiger partial charge on any atom is -0.492 e. The third kappa shape index (κ3) is 3.04. The third-order valence-electron chi connectivity index (χ3n) is 4.86. The van der Waals surface area contributed by atoms with E-state index in [1.165, 1.54) is 4.90 Å². The van der Waals surface area contributed by atoms with E-state index in [4.69, 9.17) is 9.15 Å². The smallest absolute Gasteiger partial charge is 0.261 e. The highest BCUT2D eigenvalue weighted by atomic mass is 16.5. The first-order chi connectivity index (χ1) is 14.2. The van der Waals surface area contributed by atoms with Gasteiger partial charge in [0.15, 0.2) is 5.58 Å². The van der Waals surface area contributed by atoms with Crippen LogP contribution in [-0.4, -0.2) is 34.8 Å². The second kappa shape index (κ2) is 6.91. The Balaban J connectivity index is 1.23. The predicted octanol–water partition coefficient (Wildman–Crippen LogP) is 4.17. The Morgan fingerprint density at radius 1 is 0.828 bits per heavy atom. The zero-order valence-electron chi connectivity index (χ0n) is 15.4. The Kier molecular flexibility index (Phi) is 4.09. The van der Waals surface area contributed by atoms with Crippen LogP contribution in [0, 0.1) is 0 Å². The Hall–Kier alpha value is -3.93. The maximum absolute atomic E-state index is 12.4. The fourth-order valence-electron chi connectivity index (χ4n) is 3.39. The minimum absolute atomic E-state index is 0.194. The fourth-order valence-corrected chi connectivity index (χ4v) is 3.39. The van der Waals surface area contributed by atoms with Gasteiger partial charge in [0.2, 0.25) is 5.89 Å². The molecular formula is C23H16N2O4. The topological polar surface area (TPSA) is 72.6 Å². The Morgan fingerprint density at radius 3 is 2.17 bits per heavy atom. The number of carbonyl (C=O) groups is 2. The van der Waals surface area contributed by atoms with E-state index in [0.29, 0.717) is 22.8 Å². The SMILES string of the molecule is O=C1c2ccccc2C(=O)N1CCOc1ccc(-c2nc3ccccc3o2)cc1. The van der Waals surface area contributed by atoms with Crippen LogP contribution in [0.5, 0.6) is 5.75 Å². The predicted molar refractivity (Wildman–Crippen MR) is 107 cm³/mol. The zero-order valence-corrected chi connectivity index (χ0v) is 15.4. The molecule has 0 aliphatic carbocycles.